The van der Waals surface area contributed by atoms with Gasteiger partial charge in [-0.25, -0.2) is 0 Å². The maximum Gasteiger partial charge on any atom is 0.308 e. The standard InChI is InChI=1S/C15H29NO4/c1-4-20-13(18)12-5-7-15(19,8-6-12)10-16-9-14(2,3)11-17/h12,16-17,19H,4-11H2,1-3H3. The Kier molecular flexibility index (Phi) is 6.43. The van der Waals surface area contributed by atoms with Crippen molar-refractivity contribution in [3.63, 3.8) is 0 Å². The number of hydrogen-bond donors (Lipinski definition) is 3. The number of esters is 1. The Bertz CT molecular complexity index is 309. The van der Waals surface area contributed by atoms with E-state index >= 15 is 0 Å². The molecule has 20 heavy (non-hydrogen) atoms. The molecule has 0 amide bonds. The Balaban J connectivity index is 2.33. The predicted molar refractivity (Wildman–Crippen MR) is 77.3 cm³/mol. The monoisotopic (exact) mass is 287 g/mol. The number of aliphatic hydroxyl groups excluding tert-OH is 1. The van der Waals surface area contributed by atoms with Crippen LogP contribution in [0.5, 0.6) is 0 Å². The summed E-state index contributed by atoms with van der Waals surface area (Å²) in [6.45, 7) is 7.45. The van der Waals surface area contributed by atoms with E-state index in [1.165, 1.54) is 0 Å². The zero-order valence-electron chi connectivity index (χ0n) is 12.9. The molecule has 0 aromatic rings. The molecule has 0 heterocycles. The van der Waals surface area contributed by atoms with Crippen LogP contribution < -0.4 is 5.32 Å². The molecular weight excluding hydrogens is 258 g/mol. The molecule has 0 radical (unpaired) electrons. The molecule has 0 atom stereocenters. The van der Waals surface area contributed by atoms with E-state index < -0.39 is 5.60 Å². The smallest absolute Gasteiger partial charge is 0.308 e. The average molecular weight is 287 g/mol. The van der Waals surface area contributed by atoms with Crippen molar-refractivity contribution in [1.29, 1.82) is 0 Å². The lowest BCUT2D eigenvalue weighted by atomic mass is 9.78. The van der Waals surface area contributed by atoms with Gasteiger partial charge < -0.3 is 20.3 Å². The van der Waals surface area contributed by atoms with Gasteiger partial charge in [0.1, 0.15) is 0 Å². The number of hydrogen-bond acceptors (Lipinski definition) is 5. The van der Waals surface area contributed by atoms with E-state index in [1.807, 2.05) is 20.8 Å². The summed E-state index contributed by atoms with van der Waals surface area (Å²) in [6, 6.07) is 0. The van der Waals surface area contributed by atoms with Crippen molar-refractivity contribution in [2.24, 2.45) is 11.3 Å². The van der Waals surface area contributed by atoms with Crippen LogP contribution in [0.4, 0.5) is 0 Å². The van der Waals surface area contributed by atoms with Crippen LogP contribution in [0.15, 0.2) is 0 Å². The number of nitrogens with one attached hydrogen (secondary N) is 1. The van der Waals surface area contributed by atoms with Gasteiger partial charge in [0.15, 0.2) is 0 Å². The summed E-state index contributed by atoms with van der Waals surface area (Å²) >= 11 is 0. The zero-order valence-corrected chi connectivity index (χ0v) is 12.9. The second kappa shape index (κ2) is 7.38. The molecular formula is C15H29NO4. The van der Waals surface area contributed by atoms with Crippen molar-refractivity contribution in [2.75, 3.05) is 26.3 Å². The van der Waals surface area contributed by atoms with Gasteiger partial charge in [0, 0.05) is 25.1 Å². The van der Waals surface area contributed by atoms with E-state index in [-0.39, 0.29) is 23.9 Å². The molecule has 118 valence electrons. The molecule has 0 spiro atoms. The van der Waals surface area contributed by atoms with Crippen molar-refractivity contribution in [1.82, 2.24) is 5.32 Å². The van der Waals surface area contributed by atoms with E-state index in [1.54, 1.807) is 0 Å². The lowest BCUT2D eigenvalue weighted by Gasteiger charge is -2.36. The van der Waals surface area contributed by atoms with Gasteiger partial charge in [-0.15, -0.1) is 0 Å². The Morgan fingerprint density at radius 1 is 1.40 bits per heavy atom. The van der Waals surface area contributed by atoms with Crippen LogP contribution >= 0.6 is 0 Å². The summed E-state index contributed by atoms with van der Waals surface area (Å²) in [5.41, 5.74) is -0.924. The molecule has 0 aromatic heterocycles. The number of carbonyl (C=O) groups excluding carboxylic acids is 1. The fourth-order valence-electron chi connectivity index (χ4n) is 2.52. The Labute approximate surface area is 121 Å². The second-order valence-electron chi connectivity index (χ2n) is 6.68. The van der Waals surface area contributed by atoms with Crippen molar-refractivity contribution < 1.29 is 19.7 Å². The van der Waals surface area contributed by atoms with Crippen molar-refractivity contribution in [3.05, 3.63) is 0 Å². The first kappa shape index (κ1) is 17.4. The van der Waals surface area contributed by atoms with Gasteiger partial charge in [0.25, 0.3) is 0 Å². The minimum absolute atomic E-state index is 0.0656. The first-order valence-corrected chi connectivity index (χ1v) is 7.52. The van der Waals surface area contributed by atoms with Crippen molar-refractivity contribution in [3.8, 4) is 0 Å². The minimum atomic E-state index is -0.742. The number of ether oxygens (including phenoxy) is 1. The van der Waals surface area contributed by atoms with Crippen LogP contribution in [0.25, 0.3) is 0 Å². The maximum atomic E-state index is 11.6. The first-order valence-electron chi connectivity index (χ1n) is 7.52. The molecule has 0 unspecified atom stereocenters. The van der Waals surface area contributed by atoms with Crippen LogP contribution in [0.3, 0.4) is 0 Å². The van der Waals surface area contributed by atoms with Crippen LogP contribution in [-0.4, -0.2) is 48.1 Å². The van der Waals surface area contributed by atoms with Gasteiger partial charge in [-0.3, -0.25) is 4.79 Å². The summed E-state index contributed by atoms with van der Waals surface area (Å²) in [7, 11) is 0. The summed E-state index contributed by atoms with van der Waals surface area (Å²) in [6.07, 6.45) is 2.59. The molecule has 1 aliphatic rings. The predicted octanol–water partition coefficient (Wildman–Crippen LogP) is 1.08. The van der Waals surface area contributed by atoms with Crippen molar-refractivity contribution in [2.45, 2.75) is 52.1 Å². The first-order chi connectivity index (χ1) is 9.32. The SMILES string of the molecule is CCOC(=O)C1CCC(O)(CNCC(C)(C)CO)CC1. The van der Waals surface area contributed by atoms with E-state index in [9.17, 15) is 15.0 Å². The third-order valence-electron chi connectivity index (χ3n) is 4.02. The molecule has 1 aliphatic carbocycles. The Morgan fingerprint density at radius 3 is 2.50 bits per heavy atom. The van der Waals surface area contributed by atoms with Gasteiger partial charge in [0.2, 0.25) is 0 Å². The summed E-state index contributed by atoms with van der Waals surface area (Å²) in [4.78, 5) is 11.6. The average Bonchev–Trinajstić information content (AvgIpc) is 2.39. The fourth-order valence-corrected chi connectivity index (χ4v) is 2.52. The molecule has 0 bridgehead atoms. The van der Waals surface area contributed by atoms with E-state index in [2.05, 4.69) is 5.32 Å². The van der Waals surface area contributed by atoms with Crippen molar-refractivity contribution >= 4 is 5.97 Å². The normalized spacial score (nSPS) is 27.4. The largest absolute Gasteiger partial charge is 0.466 e. The molecule has 1 saturated carbocycles. The molecule has 1 rings (SSSR count). The van der Waals surface area contributed by atoms with E-state index in [0.717, 1.165) is 0 Å². The molecule has 5 heteroatoms. The molecule has 0 saturated heterocycles. The highest BCUT2D eigenvalue weighted by molar-refractivity contribution is 5.72. The molecule has 3 N–H and O–H groups in total. The lowest BCUT2D eigenvalue weighted by molar-refractivity contribution is -0.151. The van der Waals surface area contributed by atoms with Crippen LogP contribution in [0.2, 0.25) is 0 Å². The topological polar surface area (TPSA) is 78.8 Å². The van der Waals surface area contributed by atoms with Gasteiger partial charge in [0.05, 0.1) is 18.1 Å². The number of carbonyl (C=O) groups is 1. The summed E-state index contributed by atoms with van der Waals surface area (Å²) in [5.74, 6) is -0.201. The van der Waals surface area contributed by atoms with Crippen LogP contribution in [0, 0.1) is 11.3 Å². The summed E-state index contributed by atoms with van der Waals surface area (Å²) < 4.78 is 5.03. The third-order valence-corrected chi connectivity index (χ3v) is 4.02. The molecule has 0 aliphatic heterocycles. The van der Waals surface area contributed by atoms with Gasteiger partial charge >= 0.3 is 5.97 Å². The Hall–Kier alpha value is -0.650. The van der Waals surface area contributed by atoms with E-state index in [4.69, 9.17) is 4.74 Å². The highest BCUT2D eigenvalue weighted by atomic mass is 16.5. The Morgan fingerprint density at radius 2 is 2.00 bits per heavy atom. The molecule has 5 nitrogen and oxygen atoms in total. The maximum absolute atomic E-state index is 11.6. The van der Waals surface area contributed by atoms with Gasteiger partial charge in [-0.2, -0.15) is 0 Å². The fraction of sp³-hybridized carbons (Fsp3) is 0.933. The van der Waals surface area contributed by atoms with E-state index in [0.29, 0.717) is 45.4 Å². The lowest BCUT2D eigenvalue weighted by Crippen LogP contribution is -2.47. The summed E-state index contributed by atoms with van der Waals surface area (Å²) in [5, 5.41) is 22.9. The molecule has 0 aromatic carbocycles. The van der Waals surface area contributed by atoms with Crippen LogP contribution in [-0.2, 0) is 9.53 Å². The molecule has 1 fully saturated rings. The number of rotatable bonds is 7. The zero-order chi connectivity index (χ0) is 15.2. The van der Waals surface area contributed by atoms with Crippen LogP contribution in [0.1, 0.15) is 46.5 Å². The van der Waals surface area contributed by atoms with Gasteiger partial charge in [-0.1, -0.05) is 13.8 Å². The highest BCUT2D eigenvalue weighted by Crippen LogP contribution is 2.32. The van der Waals surface area contributed by atoms with Gasteiger partial charge in [-0.05, 0) is 32.6 Å². The second-order valence-corrected chi connectivity index (χ2v) is 6.68. The highest BCUT2D eigenvalue weighted by Gasteiger charge is 2.36. The number of aliphatic hydroxyl groups is 2. The third kappa shape index (κ3) is 5.38. The quantitative estimate of drug-likeness (QED) is 0.611. The minimum Gasteiger partial charge on any atom is -0.466 e.